The van der Waals surface area contributed by atoms with Crippen molar-refractivity contribution in [1.29, 1.82) is 0 Å². The minimum atomic E-state index is -0.752. The van der Waals surface area contributed by atoms with E-state index in [4.69, 9.17) is 9.47 Å². The van der Waals surface area contributed by atoms with Gasteiger partial charge in [0.05, 0.1) is 48.7 Å². The minimum absolute atomic E-state index is 0.00702. The van der Waals surface area contributed by atoms with E-state index in [2.05, 4.69) is 34.8 Å². The average Bonchev–Trinajstić information content (AvgIpc) is 3.87. The van der Waals surface area contributed by atoms with E-state index in [0.29, 0.717) is 19.4 Å². The molecule has 1 saturated heterocycles. The lowest BCUT2D eigenvalue weighted by atomic mass is 9.89. The van der Waals surface area contributed by atoms with Gasteiger partial charge in [-0.3, -0.25) is 19.2 Å². The molecule has 4 amide bonds. The first-order valence-corrected chi connectivity index (χ1v) is 20.4. The number of likely N-dealkylation sites (tertiary alicyclic amines) is 1. The largest absolute Gasteiger partial charge is 0.379 e. The summed E-state index contributed by atoms with van der Waals surface area (Å²) in [5, 5.41) is 12.0. The zero-order chi connectivity index (χ0) is 40.1. The maximum atomic E-state index is 14.3. The van der Waals surface area contributed by atoms with Gasteiger partial charge in [-0.1, -0.05) is 85.2 Å². The van der Waals surface area contributed by atoms with Crippen LogP contribution < -0.4 is 16.0 Å². The van der Waals surface area contributed by atoms with Gasteiger partial charge in [-0.15, -0.1) is 11.3 Å². The zero-order valence-electron chi connectivity index (χ0n) is 34.3. The van der Waals surface area contributed by atoms with Crippen molar-refractivity contribution in [3.8, 4) is 0 Å². The predicted octanol–water partition coefficient (Wildman–Crippen LogP) is 4.85. The topological polar surface area (TPSA) is 142 Å². The Labute approximate surface area is 327 Å². The number of likely N-dealkylation sites (N-methyl/N-ethyl adjacent to an activating group) is 2. The second-order valence-electron chi connectivity index (χ2n) is 15.5. The molecule has 1 aromatic carbocycles. The summed E-state index contributed by atoms with van der Waals surface area (Å²) in [6, 6.07) is 7.77. The number of nitrogens with zero attached hydrogens (tertiary/aromatic N) is 3. The highest BCUT2D eigenvalue weighted by atomic mass is 32.1. The van der Waals surface area contributed by atoms with E-state index >= 15 is 0 Å². The van der Waals surface area contributed by atoms with Crippen LogP contribution in [-0.4, -0.2) is 110 Å². The van der Waals surface area contributed by atoms with Gasteiger partial charge in [-0.2, -0.15) is 0 Å². The highest BCUT2D eigenvalue weighted by molar-refractivity contribution is 7.09. The Morgan fingerprint density at radius 3 is 2.17 bits per heavy atom. The lowest BCUT2D eigenvalue weighted by Gasteiger charge is -2.41. The number of amides is 4. The van der Waals surface area contributed by atoms with Crippen LogP contribution in [0.25, 0.3) is 0 Å². The van der Waals surface area contributed by atoms with Crippen molar-refractivity contribution >= 4 is 35.0 Å². The molecule has 2 aromatic rings. The summed E-state index contributed by atoms with van der Waals surface area (Å²) in [7, 11) is 6.65. The number of ether oxygens (including phenoxy) is 2. The minimum Gasteiger partial charge on any atom is -0.379 e. The molecule has 13 heteroatoms. The SMILES string of the molecule is CCC(C)C(C(CC(=O)N1CCCC1C(OC)C(C)C(=O)NC(Cc1ccccc1)c1nccs1)OC)N(C)C(=O)[C@@H](NC(=O)C(NC)C(C)C)C(C)C. The van der Waals surface area contributed by atoms with Gasteiger partial charge < -0.3 is 35.2 Å². The maximum Gasteiger partial charge on any atom is 0.245 e. The first-order chi connectivity index (χ1) is 25.7. The molecule has 9 atom stereocenters. The molecular formula is C41H66N6O6S. The summed E-state index contributed by atoms with van der Waals surface area (Å²) in [6.07, 6.45) is 3.48. The molecule has 0 bridgehead atoms. The van der Waals surface area contributed by atoms with Crippen molar-refractivity contribution in [2.45, 2.75) is 123 Å². The van der Waals surface area contributed by atoms with E-state index in [1.54, 1.807) is 39.4 Å². The molecule has 1 fully saturated rings. The molecule has 3 N–H and O–H groups in total. The summed E-state index contributed by atoms with van der Waals surface area (Å²) in [5.74, 6) is -1.41. The summed E-state index contributed by atoms with van der Waals surface area (Å²) < 4.78 is 12.1. The number of rotatable bonds is 21. The molecule has 2 heterocycles. The van der Waals surface area contributed by atoms with Gasteiger partial charge in [0, 0.05) is 39.4 Å². The molecule has 8 unspecified atom stereocenters. The lowest BCUT2D eigenvalue weighted by Crippen LogP contribution is -2.59. The Hall–Kier alpha value is -3.39. The van der Waals surface area contributed by atoms with Crippen LogP contribution in [0.3, 0.4) is 0 Å². The van der Waals surface area contributed by atoms with E-state index in [1.165, 1.54) is 11.3 Å². The smallest absolute Gasteiger partial charge is 0.245 e. The highest BCUT2D eigenvalue weighted by Gasteiger charge is 2.43. The fraction of sp³-hybridized carbons (Fsp3) is 0.683. The number of carbonyl (C=O) groups excluding carboxylic acids is 4. The molecule has 12 nitrogen and oxygen atoms in total. The number of aromatic nitrogens is 1. The van der Waals surface area contributed by atoms with E-state index in [-0.39, 0.29) is 59.9 Å². The number of methoxy groups -OCH3 is 2. The van der Waals surface area contributed by atoms with Crippen LogP contribution >= 0.6 is 11.3 Å². The predicted molar refractivity (Wildman–Crippen MR) is 214 cm³/mol. The van der Waals surface area contributed by atoms with Crippen LogP contribution in [0.1, 0.15) is 90.8 Å². The molecular weight excluding hydrogens is 705 g/mol. The molecule has 0 radical (unpaired) electrons. The van der Waals surface area contributed by atoms with E-state index in [9.17, 15) is 19.2 Å². The third kappa shape index (κ3) is 11.6. The van der Waals surface area contributed by atoms with Crippen molar-refractivity contribution in [3.63, 3.8) is 0 Å². The molecule has 1 aromatic heterocycles. The summed E-state index contributed by atoms with van der Waals surface area (Å²) in [5.41, 5.74) is 1.09. The lowest BCUT2D eigenvalue weighted by molar-refractivity contribution is -0.147. The summed E-state index contributed by atoms with van der Waals surface area (Å²) >= 11 is 1.51. The first kappa shape index (κ1) is 45.0. The van der Waals surface area contributed by atoms with Crippen molar-refractivity contribution < 1.29 is 28.7 Å². The Bertz CT molecular complexity index is 1460. The second kappa shape index (κ2) is 21.6. The monoisotopic (exact) mass is 770 g/mol. The van der Waals surface area contributed by atoms with E-state index < -0.39 is 36.3 Å². The number of carbonyl (C=O) groups is 4. The normalized spacial score (nSPS) is 19.1. The van der Waals surface area contributed by atoms with Crippen LogP contribution in [0.5, 0.6) is 0 Å². The summed E-state index contributed by atoms with van der Waals surface area (Å²) in [6.45, 7) is 14.3. The van der Waals surface area contributed by atoms with Gasteiger partial charge in [-0.05, 0) is 49.6 Å². The molecule has 3 rings (SSSR count). The van der Waals surface area contributed by atoms with Gasteiger partial charge in [0.25, 0.3) is 0 Å². The van der Waals surface area contributed by atoms with Gasteiger partial charge in [0.2, 0.25) is 23.6 Å². The van der Waals surface area contributed by atoms with Crippen molar-refractivity contribution in [2.75, 3.05) is 34.9 Å². The fourth-order valence-corrected chi connectivity index (χ4v) is 8.50. The molecule has 54 heavy (non-hydrogen) atoms. The number of benzene rings is 1. The zero-order valence-corrected chi connectivity index (χ0v) is 35.2. The molecule has 302 valence electrons. The molecule has 0 saturated carbocycles. The first-order valence-electron chi connectivity index (χ1n) is 19.5. The maximum absolute atomic E-state index is 14.3. The number of hydrogen-bond acceptors (Lipinski definition) is 9. The highest BCUT2D eigenvalue weighted by Crippen LogP contribution is 2.30. The van der Waals surface area contributed by atoms with Gasteiger partial charge in [-0.25, -0.2) is 4.98 Å². The van der Waals surface area contributed by atoms with E-state index in [1.807, 2.05) is 75.2 Å². The van der Waals surface area contributed by atoms with Crippen molar-refractivity contribution in [2.24, 2.45) is 23.7 Å². The number of nitrogens with one attached hydrogen (secondary N) is 3. The van der Waals surface area contributed by atoms with Crippen LogP contribution in [0.4, 0.5) is 0 Å². The summed E-state index contributed by atoms with van der Waals surface area (Å²) in [4.78, 5) is 63.6. The van der Waals surface area contributed by atoms with Crippen molar-refractivity contribution in [1.82, 2.24) is 30.7 Å². The Morgan fingerprint density at radius 1 is 0.963 bits per heavy atom. The number of thiazole rings is 1. The van der Waals surface area contributed by atoms with Gasteiger partial charge in [0.1, 0.15) is 11.0 Å². The second-order valence-corrected chi connectivity index (χ2v) is 16.4. The van der Waals surface area contributed by atoms with E-state index in [0.717, 1.165) is 23.4 Å². The quantitative estimate of drug-likeness (QED) is 0.164. The molecule has 0 aliphatic carbocycles. The Balaban J connectivity index is 1.78. The Kier molecular flexibility index (Phi) is 18.0. The standard InChI is InChI=1S/C41H66N6O6S/c1-12-27(6)36(46(9)41(51)35(26(4)5)45-39(50)34(42-8)25(2)3)32(52-10)24-33(48)47-21-16-19-31(47)37(53-11)28(7)38(49)44-30(40-43-20-22-54-40)23-29-17-14-13-15-18-29/h13-15,17-18,20,22,25-28,30-32,34-37,42H,12,16,19,21,23-24H2,1-11H3,(H,44,49)(H,45,50)/t27?,28?,30?,31?,32?,34?,35-,36?,37?/m0/s1. The van der Waals surface area contributed by atoms with Crippen LogP contribution in [0.15, 0.2) is 41.9 Å². The number of hydrogen-bond donors (Lipinski definition) is 3. The van der Waals surface area contributed by atoms with Gasteiger partial charge in [0.15, 0.2) is 0 Å². The third-order valence-electron chi connectivity index (χ3n) is 11.1. The van der Waals surface area contributed by atoms with Crippen molar-refractivity contribution in [3.05, 3.63) is 52.5 Å². The van der Waals surface area contributed by atoms with Crippen LogP contribution in [-0.2, 0) is 35.1 Å². The third-order valence-corrected chi connectivity index (χ3v) is 12.0. The van der Waals surface area contributed by atoms with Crippen LogP contribution in [0.2, 0.25) is 0 Å². The fourth-order valence-electron chi connectivity index (χ4n) is 7.81. The van der Waals surface area contributed by atoms with Gasteiger partial charge >= 0.3 is 0 Å². The van der Waals surface area contributed by atoms with Crippen LogP contribution in [0, 0.1) is 23.7 Å². The molecule has 1 aliphatic heterocycles. The average molecular weight is 771 g/mol. The molecule has 0 spiro atoms. The molecule has 1 aliphatic rings. The Morgan fingerprint density at radius 2 is 1.63 bits per heavy atom.